The molecule has 1 atom stereocenters. The smallest absolute Gasteiger partial charge is 0.382 e. The number of amides is 1. The Kier molecular flexibility index (Phi) is 3.77. The zero-order chi connectivity index (χ0) is 14.0. The summed E-state index contributed by atoms with van der Waals surface area (Å²) in [4.78, 5) is 12.0. The van der Waals surface area contributed by atoms with E-state index in [9.17, 15) is 18.0 Å². The van der Waals surface area contributed by atoms with Crippen LogP contribution in [0.5, 0.6) is 0 Å². The molecule has 0 aliphatic heterocycles. The highest BCUT2D eigenvalue weighted by atomic mass is 32.1. The van der Waals surface area contributed by atoms with Crippen LogP contribution in [0.2, 0.25) is 0 Å². The van der Waals surface area contributed by atoms with Gasteiger partial charge in [0.2, 0.25) is 0 Å². The summed E-state index contributed by atoms with van der Waals surface area (Å²) in [7, 11) is 0. The number of carbonyl (C=O) groups excluding carboxylic acids is 1. The lowest BCUT2D eigenvalue weighted by molar-refractivity contribution is -0.201. The zero-order valence-electron chi connectivity index (χ0n) is 9.57. The van der Waals surface area contributed by atoms with Crippen molar-refractivity contribution in [2.45, 2.75) is 12.3 Å². The molecule has 19 heavy (non-hydrogen) atoms. The Bertz CT molecular complexity index is 561. The number of fused-ring (bicyclic) bond motifs is 1. The van der Waals surface area contributed by atoms with Crippen LogP contribution in [0.4, 0.5) is 13.2 Å². The van der Waals surface area contributed by atoms with Gasteiger partial charge in [0.15, 0.2) is 6.10 Å². The van der Waals surface area contributed by atoms with Crippen molar-refractivity contribution in [1.82, 2.24) is 5.32 Å². The second-order valence-corrected chi connectivity index (χ2v) is 5.00. The Hall–Kier alpha value is -1.60. The van der Waals surface area contributed by atoms with Gasteiger partial charge in [0, 0.05) is 4.70 Å². The number of nitrogens with one attached hydrogen (secondary N) is 1. The van der Waals surface area contributed by atoms with Gasteiger partial charge in [-0.3, -0.25) is 4.79 Å². The Morgan fingerprint density at radius 2 is 2.05 bits per heavy atom. The lowest BCUT2D eigenvalue weighted by Gasteiger charge is -2.14. The average molecular weight is 289 g/mol. The van der Waals surface area contributed by atoms with Crippen LogP contribution in [0.3, 0.4) is 0 Å². The summed E-state index contributed by atoms with van der Waals surface area (Å²) in [5.41, 5.74) is 0. The van der Waals surface area contributed by atoms with Crippen LogP contribution >= 0.6 is 11.3 Å². The number of hydrogen-bond acceptors (Lipinski definition) is 3. The maximum absolute atomic E-state index is 12.1. The van der Waals surface area contributed by atoms with Crippen molar-refractivity contribution < 1.29 is 23.1 Å². The second-order valence-electron chi connectivity index (χ2n) is 3.92. The highest BCUT2D eigenvalue weighted by Crippen LogP contribution is 2.25. The number of aliphatic hydroxyl groups is 1. The fourth-order valence-corrected chi connectivity index (χ4v) is 2.47. The molecule has 0 saturated heterocycles. The molecule has 0 aliphatic rings. The Labute approximate surface area is 110 Å². The second kappa shape index (κ2) is 5.18. The van der Waals surface area contributed by atoms with E-state index in [4.69, 9.17) is 5.11 Å². The van der Waals surface area contributed by atoms with Crippen molar-refractivity contribution in [3.05, 3.63) is 35.2 Å². The fourth-order valence-electron chi connectivity index (χ4n) is 1.49. The Morgan fingerprint density at radius 1 is 1.37 bits per heavy atom. The first-order chi connectivity index (χ1) is 8.88. The summed E-state index contributed by atoms with van der Waals surface area (Å²) in [6.45, 7) is -0.851. The standard InChI is InChI=1S/C12H10F3NO2S/c13-12(14,15)10(17)6-16-11(18)9-5-7-3-1-2-4-8(7)19-9/h1-5,10,17H,6H2,(H,16,18). The van der Waals surface area contributed by atoms with Crippen LogP contribution in [0.25, 0.3) is 10.1 Å². The first-order valence-corrected chi connectivity index (χ1v) is 6.21. The molecule has 0 saturated carbocycles. The van der Waals surface area contributed by atoms with Crippen molar-refractivity contribution in [3.63, 3.8) is 0 Å². The van der Waals surface area contributed by atoms with Gasteiger partial charge in [-0.25, -0.2) is 0 Å². The quantitative estimate of drug-likeness (QED) is 0.912. The van der Waals surface area contributed by atoms with Crippen LogP contribution < -0.4 is 5.32 Å². The van der Waals surface area contributed by atoms with E-state index in [0.29, 0.717) is 4.88 Å². The van der Waals surface area contributed by atoms with Gasteiger partial charge >= 0.3 is 6.18 Å². The van der Waals surface area contributed by atoms with E-state index in [1.165, 1.54) is 11.3 Å². The summed E-state index contributed by atoms with van der Waals surface area (Å²) >= 11 is 1.19. The van der Waals surface area contributed by atoms with E-state index in [1.54, 1.807) is 6.07 Å². The molecule has 1 unspecified atom stereocenters. The molecule has 1 aromatic heterocycles. The first kappa shape index (κ1) is 13.8. The molecule has 0 aliphatic carbocycles. The highest BCUT2D eigenvalue weighted by molar-refractivity contribution is 7.20. The topological polar surface area (TPSA) is 49.3 Å². The molecule has 2 rings (SSSR count). The average Bonchev–Trinajstić information content (AvgIpc) is 2.78. The van der Waals surface area contributed by atoms with Gasteiger partial charge < -0.3 is 10.4 Å². The molecule has 2 aromatic rings. The molecule has 7 heteroatoms. The Morgan fingerprint density at radius 3 is 2.68 bits per heavy atom. The summed E-state index contributed by atoms with van der Waals surface area (Å²) < 4.78 is 37.1. The lowest BCUT2D eigenvalue weighted by Crippen LogP contribution is -2.40. The summed E-state index contributed by atoms with van der Waals surface area (Å²) in [5.74, 6) is -0.621. The SMILES string of the molecule is O=C(NCC(O)C(F)(F)F)c1cc2ccccc2s1. The third kappa shape index (κ3) is 3.24. The predicted molar refractivity (Wildman–Crippen MR) is 66.2 cm³/mol. The summed E-state index contributed by atoms with van der Waals surface area (Å²) in [5, 5.41) is 11.7. The maximum Gasteiger partial charge on any atom is 0.416 e. The Balaban J connectivity index is 2.04. The third-order valence-corrected chi connectivity index (χ3v) is 3.60. The number of thiophene rings is 1. The molecule has 0 radical (unpaired) electrons. The normalized spacial score (nSPS) is 13.5. The van der Waals surface area contributed by atoms with Gasteiger partial charge in [-0.2, -0.15) is 13.2 Å². The third-order valence-electron chi connectivity index (χ3n) is 2.48. The number of hydrogen-bond donors (Lipinski definition) is 2. The van der Waals surface area contributed by atoms with Crippen LogP contribution in [0.1, 0.15) is 9.67 Å². The van der Waals surface area contributed by atoms with Gasteiger partial charge in [0.1, 0.15) is 0 Å². The molecule has 2 N–H and O–H groups in total. The van der Waals surface area contributed by atoms with E-state index in [-0.39, 0.29) is 0 Å². The molecule has 0 bridgehead atoms. The number of halogens is 3. The van der Waals surface area contributed by atoms with Gasteiger partial charge in [0.05, 0.1) is 11.4 Å². The zero-order valence-corrected chi connectivity index (χ0v) is 10.4. The fraction of sp³-hybridized carbons (Fsp3) is 0.250. The number of rotatable bonds is 3. The molecule has 1 heterocycles. The summed E-state index contributed by atoms with van der Waals surface area (Å²) in [6.07, 6.45) is -7.28. The number of aliphatic hydroxyl groups excluding tert-OH is 1. The van der Waals surface area contributed by atoms with Gasteiger partial charge in [-0.1, -0.05) is 18.2 Å². The van der Waals surface area contributed by atoms with Crippen molar-refractivity contribution in [2.75, 3.05) is 6.54 Å². The van der Waals surface area contributed by atoms with Crippen LogP contribution in [0.15, 0.2) is 30.3 Å². The van der Waals surface area contributed by atoms with E-state index < -0.39 is 24.7 Å². The minimum Gasteiger partial charge on any atom is -0.382 e. The van der Waals surface area contributed by atoms with Crippen LogP contribution in [-0.4, -0.2) is 29.8 Å². The molecule has 102 valence electrons. The van der Waals surface area contributed by atoms with Crippen molar-refractivity contribution in [3.8, 4) is 0 Å². The predicted octanol–water partition coefficient (Wildman–Crippen LogP) is 2.55. The van der Waals surface area contributed by atoms with E-state index in [0.717, 1.165) is 10.1 Å². The minimum absolute atomic E-state index is 0.315. The van der Waals surface area contributed by atoms with E-state index in [1.807, 2.05) is 24.3 Å². The van der Waals surface area contributed by atoms with E-state index in [2.05, 4.69) is 5.32 Å². The van der Waals surface area contributed by atoms with Gasteiger partial charge in [0.25, 0.3) is 5.91 Å². The lowest BCUT2D eigenvalue weighted by atomic mass is 10.2. The first-order valence-electron chi connectivity index (χ1n) is 5.39. The van der Waals surface area contributed by atoms with Crippen molar-refractivity contribution in [2.24, 2.45) is 0 Å². The molecule has 1 amide bonds. The number of alkyl halides is 3. The molecule has 3 nitrogen and oxygen atoms in total. The monoisotopic (exact) mass is 289 g/mol. The molecule has 0 spiro atoms. The molecule has 1 aromatic carbocycles. The number of benzene rings is 1. The van der Waals surface area contributed by atoms with Gasteiger partial charge in [-0.15, -0.1) is 11.3 Å². The number of carbonyl (C=O) groups is 1. The van der Waals surface area contributed by atoms with Crippen molar-refractivity contribution >= 4 is 27.3 Å². The van der Waals surface area contributed by atoms with Crippen LogP contribution in [0, 0.1) is 0 Å². The molecular weight excluding hydrogens is 279 g/mol. The van der Waals surface area contributed by atoms with E-state index >= 15 is 0 Å². The maximum atomic E-state index is 12.1. The largest absolute Gasteiger partial charge is 0.416 e. The summed E-state index contributed by atoms with van der Waals surface area (Å²) in [6, 6.07) is 8.86. The van der Waals surface area contributed by atoms with Gasteiger partial charge in [-0.05, 0) is 17.5 Å². The van der Waals surface area contributed by atoms with Crippen LogP contribution in [-0.2, 0) is 0 Å². The highest BCUT2D eigenvalue weighted by Gasteiger charge is 2.38. The minimum atomic E-state index is -4.73. The molecule has 0 fully saturated rings. The van der Waals surface area contributed by atoms with Crippen molar-refractivity contribution in [1.29, 1.82) is 0 Å². The molecular formula is C12H10F3NO2S.